The third-order valence-corrected chi connectivity index (χ3v) is 4.14. The number of likely N-dealkylation sites (tertiary alicyclic amines) is 1. The zero-order valence-electron chi connectivity index (χ0n) is 12.0. The van der Waals surface area contributed by atoms with Gasteiger partial charge in [-0.25, -0.2) is 0 Å². The molecular weight excluding hydrogens is 268 g/mol. The first-order chi connectivity index (χ1) is 10.3. The van der Waals surface area contributed by atoms with E-state index >= 15 is 0 Å². The van der Waals surface area contributed by atoms with Crippen LogP contribution in [0.2, 0.25) is 0 Å². The molecule has 1 aromatic heterocycles. The largest absolute Gasteiger partial charge is 0.338 e. The Morgan fingerprint density at radius 1 is 1.24 bits per heavy atom. The molecule has 2 aliphatic rings. The lowest BCUT2D eigenvalue weighted by Gasteiger charge is -2.33. The number of piperazine rings is 1. The zero-order valence-corrected chi connectivity index (χ0v) is 12.0. The highest BCUT2D eigenvalue weighted by molar-refractivity contribution is 5.97. The van der Waals surface area contributed by atoms with Gasteiger partial charge in [0.2, 0.25) is 5.91 Å². The van der Waals surface area contributed by atoms with Crippen molar-refractivity contribution in [2.45, 2.75) is 18.9 Å². The highest BCUT2D eigenvalue weighted by Crippen LogP contribution is 2.22. The second-order valence-electron chi connectivity index (χ2n) is 5.47. The summed E-state index contributed by atoms with van der Waals surface area (Å²) in [6, 6.07) is 3.19. The number of nitrogens with zero attached hydrogens (tertiary/aromatic N) is 3. The Bertz CT molecular complexity index is 514. The molecule has 2 fully saturated rings. The molecule has 0 radical (unpaired) electrons. The van der Waals surface area contributed by atoms with Crippen LogP contribution in [0.1, 0.15) is 23.2 Å². The first-order valence-electron chi connectivity index (χ1n) is 7.48. The molecule has 3 heterocycles. The van der Waals surface area contributed by atoms with Crippen molar-refractivity contribution in [2.24, 2.45) is 0 Å². The Morgan fingerprint density at radius 2 is 2.05 bits per heavy atom. The average Bonchev–Trinajstić information content (AvgIpc) is 3.04. The molecule has 0 spiro atoms. The van der Waals surface area contributed by atoms with Crippen molar-refractivity contribution >= 4 is 11.8 Å². The zero-order chi connectivity index (χ0) is 14.7. The monoisotopic (exact) mass is 288 g/mol. The van der Waals surface area contributed by atoms with E-state index in [0.717, 1.165) is 39.0 Å². The van der Waals surface area contributed by atoms with Crippen molar-refractivity contribution in [1.29, 1.82) is 0 Å². The van der Waals surface area contributed by atoms with Gasteiger partial charge in [0.1, 0.15) is 6.04 Å². The maximum atomic E-state index is 12.6. The highest BCUT2D eigenvalue weighted by Gasteiger charge is 2.37. The number of nitrogens with one attached hydrogen (secondary N) is 1. The van der Waals surface area contributed by atoms with E-state index in [0.29, 0.717) is 12.1 Å². The Balaban J connectivity index is 1.73. The van der Waals surface area contributed by atoms with E-state index in [1.54, 1.807) is 29.4 Å². The maximum Gasteiger partial charge on any atom is 0.256 e. The lowest BCUT2D eigenvalue weighted by molar-refractivity contribution is -0.135. The minimum Gasteiger partial charge on any atom is -0.338 e. The second kappa shape index (κ2) is 6.22. The summed E-state index contributed by atoms with van der Waals surface area (Å²) < 4.78 is 0. The predicted molar refractivity (Wildman–Crippen MR) is 77.7 cm³/mol. The number of amides is 2. The third kappa shape index (κ3) is 2.90. The van der Waals surface area contributed by atoms with Crippen molar-refractivity contribution in [3.8, 4) is 0 Å². The van der Waals surface area contributed by atoms with Gasteiger partial charge in [0.15, 0.2) is 0 Å². The van der Waals surface area contributed by atoms with Crippen LogP contribution in [-0.2, 0) is 4.79 Å². The fourth-order valence-electron chi connectivity index (χ4n) is 3.02. The molecule has 6 nitrogen and oxygen atoms in total. The van der Waals surface area contributed by atoms with Gasteiger partial charge < -0.3 is 15.1 Å². The van der Waals surface area contributed by atoms with Gasteiger partial charge in [-0.3, -0.25) is 14.6 Å². The molecule has 2 aliphatic heterocycles. The first-order valence-corrected chi connectivity index (χ1v) is 7.48. The molecule has 1 aromatic rings. The fraction of sp³-hybridized carbons (Fsp3) is 0.533. The fourth-order valence-corrected chi connectivity index (χ4v) is 3.02. The number of rotatable bonds is 2. The molecule has 0 bridgehead atoms. The van der Waals surface area contributed by atoms with E-state index in [9.17, 15) is 9.59 Å². The Kier molecular flexibility index (Phi) is 4.15. The molecule has 0 aliphatic carbocycles. The summed E-state index contributed by atoms with van der Waals surface area (Å²) in [5, 5.41) is 3.24. The first kappa shape index (κ1) is 14.0. The molecule has 2 amide bonds. The van der Waals surface area contributed by atoms with Crippen LogP contribution >= 0.6 is 0 Å². The summed E-state index contributed by atoms with van der Waals surface area (Å²) in [6.07, 6.45) is 4.85. The van der Waals surface area contributed by atoms with Crippen molar-refractivity contribution in [3.63, 3.8) is 0 Å². The molecule has 1 atom stereocenters. The molecule has 2 saturated heterocycles. The van der Waals surface area contributed by atoms with Crippen molar-refractivity contribution in [3.05, 3.63) is 30.1 Å². The molecule has 0 aromatic carbocycles. The van der Waals surface area contributed by atoms with Crippen LogP contribution in [-0.4, -0.2) is 65.4 Å². The molecular formula is C15H20N4O2. The van der Waals surface area contributed by atoms with E-state index < -0.39 is 0 Å². The Hall–Kier alpha value is -1.95. The summed E-state index contributed by atoms with van der Waals surface area (Å²) in [7, 11) is 0. The molecule has 1 N–H and O–H groups in total. The SMILES string of the molecule is O=C(C1CCCN1C(=O)c1cccnc1)N1CCNCC1. The van der Waals surface area contributed by atoms with Gasteiger partial charge in [0.25, 0.3) is 5.91 Å². The second-order valence-corrected chi connectivity index (χ2v) is 5.47. The van der Waals surface area contributed by atoms with E-state index in [1.165, 1.54) is 0 Å². The van der Waals surface area contributed by atoms with E-state index in [4.69, 9.17) is 0 Å². The number of pyridine rings is 1. The van der Waals surface area contributed by atoms with Gasteiger partial charge >= 0.3 is 0 Å². The quantitative estimate of drug-likeness (QED) is 0.839. The van der Waals surface area contributed by atoms with E-state index in [2.05, 4.69) is 10.3 Å². The van der Waals surface area contributed by atoms with Crippen molar-refractivity contribution in [2.75, 3.05) is 32.7 Å². The van der Waals surface area contributed by atoms with Crippen LogP contribution in [0.25, 0.3) is 0 Å². The highest BCUT2D eigenvalue weighted by atomic mass is 16.2. The molecule has 6 heteroatoms. The minimum atomic E-state index is -0.309. The van der Waals surface area contributed by atoms with Crippen molar-refractivity contribution < 1.29 is 9.59 Å². The predicted octanol–water partition coefficient (Wildman–Crippen LogP) is 0.118. The molecule has 3 rings (SSSR count). The smallest absolute Gasteiger partial charge is 0.256 e. The van der Waals surface area contributed by atoms with Crippen LogP contribution < -0.4 is 5.32 Å². The Morgan fingerprint density at radius 3 is 2.76 bits per heavy atom. The van der Waals surface area contributed by atoms with Gasteiger partial charge in [0.05, 0.1) is 5.56 Å². The van der Waals surface area contributed by atoms with Crippen LogP contribution in [0.3, 0.4) is 0 Å². The maximum absolute atomic E-state index is 12.6. The standard InChI is InChI=1S/C15H20N4O2/c20-14(12-3-1-5-17-11-12)19-8-2-4-13(19)15(21)18-9-6-16-7-10-18/h1,3,5,11,13,16H,2,4,6-10H2. The number of aromatic nitrogens is 1. The Labute approximate surface area is 124 Å². The van der Waals surface area contributed by atoms with Crippen LogP contribution in [0.15, 0.2) is 24.5 Å². The summed E-state index contributed by atoms with van der Waals surface area (Å²) in [5.41, 5.74) is 0.553. The summed E-state index contributed by atoms with van der Waals surface area (Å²) in [6.45, 7) is 3.76. The summed E-state index contributed by atoms with van der Waals surface area (Å²) >= 11 is 0. The van der Waals surface area contributed by atoms with Crippen LogP contribution in [0.5, 0.6) is 0 Å². The lowest BCUT2D eigenvalue weighted by atomic mass is 10.1. The number of hydrogen-bond acceptors (Lipinski definition) is 4. The van der Waals surface area contributed by atoms with Crippen LogP contribution in [0, 0.1) is 0 Å². The molecule has 1 unspecified atom stereocenters. The van der Waals surface area contributed by atoms with Crippen LogP contribution in [0.4, 0.5) is 0 Å². The summed E-state index contributed by atoms with van der Waals surface area (Å²) in [4.78, 5) is 32.7. The number of carbonyl (C=O) groups excluding carboxylic acids is 2. The topological polar surface area (TPSA) is 65.5 Å². The average molecular weight is 288 g/mol. The van der Waals surface area contributed by atoms with Gasteiger partial charge in [-0.05, 0) is 25.0 Å². The normalized spacial score (nSPS) is 22.4. The van der Waals surface area contributed by atoms with Gasteiger partial charge in [-0.15, -0.1) is 0 Å². The molecule has 21 heavy (non-hydrogen) atoms. The van der Waals surface area contributed by atoms with E-state index in [1.807, 2.05) is 4.90 Å². The lowest BCUT2D eigenvalue weighted by Crippen LogP contribution is -2.53. The molecule has 112 valence electrons. The van der Waals surface area contributed by atoms with Crippen molar-refractivity contribution in [1.82, 2.24) is 20.1 Å². The van der Waals surface area contributed by atoms with Gasteiger partial charge in [-0.1, -0.05) is 0 Å². The summed E-state index contributed by atoms with van der Waals surface area (Å²) in [5.74, 6) is 0.000301. The number of hydrogen-bond donors (Lipinski definition) is 1. The third-order valence-electron chi connectivity index (χ3n) is 4.14. The minimum absolute atomic E-state index is 0.0888. The van der Waals surface area contributed by atoms with E-state index in [-0.39, 0.29) is 17.9 Å². The molecule has 0 saturated carbocycles. The number of carbonyl (C=O) groups is 2. The van der Waals surface area contributed by atoms with Gasteiger partial charge in [-0.2, -0.15) is 0 Å². The van der Waals surface area contributed by atoms with Gasteiger partial charge in [0, 0.05) is 45.1 Å².